The maximum absolute atomic E-state index is 12.0. The normalized spacial score (nSPS) is 23.8. The lowest BCUT2D eigenvalue weighted by Gasteiger charge is -2.16. The molecule has 9 heteroatoms. The van der Waals surface area contributed by atoms with E-state index >= 15 is 0 Å². The number of fused-ring (bicyclic) bond motifs is 1. The van der Waals surface area contributed by atoms with Gasteiger partial charge in [-0.15, -0.1) is 0 Å². The van der Waals surface area contributed by atoms with Gasteiger partial charge in [-0.3, -0.25) is 9.59 Å². The number of amides is 4. The highest BCUT2D eigenvalue weighted by molar-refractivity contribution is 8.00. The number of hydrogen-bond donors (Lipinski definition) is 5. The Morgan fingerprint density at radius 3 is 2.72 bits per heavy atom. The second-order valence-electron chi connectivity index (χ2n) is 7.85. The molecule has 8 nitrogen and oxygen atoms in total. The van der Waals surface area contributed by atoms with Crippen LogP contribution in [0.4, 0.5) is 4.79 Å². The van der Waals surface area contributed by atoms with Gasteiger partial charge in [0.15, 0.2) is 0 Å². The van der Waals surface area contributed by atoms with Crippen molar-refractivity contribution < 1.29 is 14.4 Å². The molecule has 166 valence electrons. The molecular formula is C20H37N5O3S. The van der Waals surface area contributed by atoms with E-state index in [1.54, 1.807) is 7.05 Å². The van der Waals surface area contributed by atoms with Crippen molar-refractivity contribution in [2.75, 3.05) is 25.9 Å². The third-order valence-electron chi connectivity index (χ3n) is 5.54. The van der Waals surface area contributed by atoms with E-state index in [4.69, 9.17) is 0 Å². The summed E-state index contributed by atoms with van der Waals surface area (Å²) in [7, 11) is 1.80. The first-order valence-corrected chi connectivity index (χ1v) is 12.0. The molecular weight excluding hydrogens is 390 g/mol. The van der Waals surface area contributed by atoms with Crippen LogP contribution in [-0.2, 0) is 9.59 Å². The molecule has 29 heavy (non-hydrogen) atoms. The Morgan fingerprint density at radius 2 is 1.97 bits per heavy atom. The van der Waals surface area contributed by atoms with Crippen molar-refractivity contribution in [3.8, 4) is 0 Å². The predicted molar refractivity (Wildman–Crippen MR) is 117 cm³/mol. The summed E-state index contributed by atoms with van der Waals surface area (Å²) in [5, 5.41) is 15.4. The zero-order chi connectivity index (χ0) is 21.1. The van der Waals surface area contributed by atoms with E-state index in [-0.39, 0.29) is 36.0 Å². The molecule has 0 aromatic rings. The van der Waals surface area contributed by atoms with Crippen molar-refractivity contribution >= 4 is 29.6 Å². The van der Waals surface area contributed by atoms with E-state index < -0.39 is 0 Å². The van der Waals surface area contributed by atoms with Gasteiger partial charge in [-0.25, -0.2) is 4.79 Å². The van der Waals surface area contributed by atoms with Crippen LogP contribution in [-0.4, -0.2) is 67.1 Å². The standard InChI is InChI=1S/C20H37N5O3S/c1-3-11-23-19(27)14(21-2)8-6-7-12-22-17(26)10-5-4-9-16-18-15(13-29-16)24-20(28)25-18/h14-16,18,21H,3-13H2,1-2H3,(H,22,26)(H,23,27)(H2,24,25,28)/t14-,15?,16?,18?/m0/s1. The summed E-state index contributed by atoms with van der Waals surface area (Å²) < 4.78 is 0. The Morgan fingerprint density at radius 1 is 1.14 bits per heavy atom. The van der Waals surface area contributed by atoms with Gasteiger partial charge in [0.05, 0.1) is 18.1 Å². The van der Waals surface area contributed by atoms with Gasteiger partial charge in [-0.2, -0.15) is 11.8 Å². The molecule has 2 saturated heterocycles. The third-order valence-corrected chi connectivity index (χ3v) is 7.05. The van der Waals surface area contributed by atoms with Gasteiger partial charge in [-0.1, -0.05) is 13.3 Å². The molecule has 4 atom stereocenters. The Kier molecular flexibility index (Phi) is 10.6. The van der Waals surface area contributed by atoms with E-state index in [0.29, 0.717) is 24.8 Å². The van der Waals surface area contributed by atoms with Gasteiger partial charge in [0.1, 0.15) is 0 Å². The number of thioether (sulfide) groups is 1. The Bertz CT molecular complexity index is 548. The summed E-state index contributed by atoms with van der Waals surface area (Å²) in [5.41, 5.74) is 0. The smallest absolute Gasteiger partial charge is 0.315 e. The van der Waals surface area contributed by atoms with E-state index in [1.807, 2.05) is 18.7 Å². The first-order valence-electron chi connectivity index (χ1n) is 11.0. The average molecular weight is 428 g/mol. The molecule has 3 unspecified atom stereocenters. The second-order valence-corrected chi connectivity index (χ2v) is 9.12. The molecule has 5 N–H and O–H groups in total. The summed E-state index contributed by atoms with van der Waals surface area (Å²) in [6, 6.07) is 0.297. The molecule has 0 radical (unpaired) electrons. The molecule has 2 aliphatic rings. The number of rotatable bonds is 14. The summed E-state index contributed by atoms with van der Waals surface area (Å²) in [4.78, 5) is 35.3. The van der Waals surface area contributed by atoms with Crippen molar-refractivity contribution in [2.24, 2.45) is 0 Å². The van der Waals surface area contributed by atoms with E-state index in [1.165, 1.54) is 0 Å². The van der Waals surface area contributed by atoms with Crippen molar-refractivity contribution in [1.29, 1.82) is 0 Å². The van der Waals surface area contributed by atoms with Crippen LogP contribution >= 0.6 is 11.8 Å². The molecule has 0 aromatic carbocycles. The molecule has 0 aliphatic carbocycles. The Labute approximate surface area is 178 Å². The summed E-state index contributed by atoms with van der Waals surface area (Å²) in [5.74, 6) is 1.13. The largest absolute Gasteiger partial charge is 0.356 e. The Hall–Kier alpha value is -1.48. The second kappa shape index (κ2) is 13.0. The quantitative estimate of drug-likeness (QED) is 0.211. The van der Waals surface area contributed by atoms with Gasteiger partial charge in [0.2, 0.25) is 11.8 Å². The number of unbranched alkanes of at least 4 members (excludes halogenated alkanes) is 2. The lowest BCUT2D eigenvalue weighted by Crippen LogP contribution is -2.42. The molecule has 2 aliphatic heterocycles. The van der Waals surface area contributed by atoms with Crippen LogP contribution in [0.3, 0.4) is 0 Å². The molecule has 0 saturated carbocycles. The van der Waals surface area contributed by atoms with E-state index in [0.717, 1.165) is 50.7 Å². The maximum atomic E-state index is 12.0. The van der Waals surface area contributed by atoms with Gasteiger partial charge in [0, 0.05) is 30.5 Å². The van der Waals surface area contributed by atoms with Gasteiger partial charge in [-0.05, 0) is 45.6 Å². The van der Waals surface area contributed by atoms with Crippen molar-refractivity contribution in [1.82, 2.24) is 26.6 Å². The molecule has 0 aromatic heterocycles. The minimum Gasteiger partial charge on any atom is -0.356 e. The van der Waals surface area contributed by atoms with Crippen molar-refractivity contribution in [2.45, 2.75) is 81.7 Å². The van der Waals surface area contributed by atoms with E-state index in [2.05, 4.69) is 26.6 Å². The minimum absolute atomic E-state index is 0.0488. The van der Waals surface area contributed by atoms with Gasteiger partial charge >= 0.3 is 6.03 Å². The van der Waals surface area contributed by atoms with Crippen LogP contribution in [0.2, 0.25) is 0 Å². The first-order chi connectivity index (χ1) is 14.0. The SMILES string of the molecule is CCCNC(=O)[C@H](CCCCNC(=O)CCCCC1SCC2NC(=O)NC21)NC. The number of hydrogen-bond acceptors (Lipinski definition) is 5. The lowest BCUT2D eigenvalue weighted by molar-refractivity contribution is -0.123. The highest BCUT2D eigenvalue weighted by Gasteiger charge is 2.42. The van der Waals surface area contributed by atoms with Gasteiger partial charge < -0.3 is 26.6 Å². The fourth-order valence-corrected chi connectivity index (χ4v) is 5.39. The predicted octanol–water partition coefficient (Wildman–Crippen LogP) is 1.11. The molecule has 2 rings (SSSR count). The molecule has 2 heterocycles. The highest BCUT2D eigenvalue weighted by Crippen LogP contribution is 2.33. The highest BCUT2D eigenvalue weighted by atomic mass is 32.2. The van der Waals surface area contributed by atoms with Crippen LogP contribution in [0.1, 0.15) is 58.3 Å². The number of urea groups is 1. The summed E-state index contributed by atoms with van der Waals surface area (Å²) in [6.07, 6.45) is 6.94. The average Bonchev–Trinajstić information content (AvgIpc) is 3.25. The topological polar surface area (TPSA) is 111 Å². The van der Waals surface area contributed by atoms with Crippen molar-refractivity contribution in [3.63, 3.8) is 0 Å². The fraction of sp³-hybridized carbons (Fsp3) is 0.850. The Balaban J connectivity index is 1.47. The molecule has 4 amide bonds. The van der Waals surface area contributed by atoms with Crippen LogP contribution in [0.25, 0.3) is 0 Å². The molecule has 2 fully saturated rings. The van der Waals surface area contributed by atoms with Crippen LogP contribution < -0.4 is 26.6 Å². The lowest BCUT2D eigenvalue weighted by atomic mass is 10.0. The third kappa shape index (κ3) is 8.04. The number of nitrogens with one attached hydrogen (secondary N) is 5. The van der Waals surface area contributed by atoms with Crippen LogP contribution in [0, 0.1) is 0 Å². The number of carbonyl (C=O) groups excluding carboxylic acids is 3. The first kappa shape index (κ1) is 23.8. The summed E-state index contributed by atoms with van der Waals surface area (Å²) in [6.45, 7) is 3.40. The van der Waals surface area contributed by atoms with E-state index in [9.17, 15) is 14.4 Å². The zero-order valence-electron chi connectivity index (χ0n) is 17.7. The molecule has 0 spiro atoms. The molecule has 0 bridgehead atoms. The monoisotopic (exact) mass is 427 g/mol. The van der Waals surface area contributed by atoms with Crippen molar-refractivity contribution in [3.05, 3.63) is 0 Å². The number of likely N-dealkylation sites (N-methyl/N-ethyl adjacent to an activating group) is 1. The number of carbonyl (C=O) groups is 3. The van der Waals surface area contributed by atoms with Crippen LogP contribution in [0.5, 0.6) is 0 Å². The fourth-order valence-electron chi connectivity index (χ4n) is 3.84. The minimum atomic E-state index is -0.162. The van der Waals surface area contributed by atoms with Gasteiger partial charge in [0.25, 0.3) is 0 Å². The summed E-state index contributed by atoms with van der Waals surface area (Å²) >= 11 is 1.91. The zero-order valence-corrected chi connectivity index (χ0v) is 18.5. The van der Waals surface area contributed by atoms with Crippen LogP contribution in [0.15, 0.2) is 0 Å². The maximum Gasteiger partial charge on any atom is 0.315 e.